The minimum Gasteiger partial charge on any atom is -0.508 e. The predicted molar refractivity (Wildman–Crippen MR) is 142 cm³/mol. The maximum absolute atomic E-state index is 16.4. The lowest BCUT2D eigenvalue weighted by molar-refractivity contribution is -0.00476. The van der Waals surface area contributed by atoms with Crippen LogP contribution in [0.3, 0.4) is 0 Å². The summed E-state index contributed by atoms with van der Waals surface area (Å²) in [5.74, 6) is 0.102. The number of piperidine rings is 1. The lowest BCUT2D eigenvalue weighted by Gasteiger charge is -2.40. The van der Waals surface area contributed by atoms with E-state index in [2.05, 4.69) is 21.8 Å². The molecule has 0 amide bonds. The van der Waals surface area contributed by atoms with Gasteiger partial charge in [-0.25, -0.2) is 18.7 Å². The Morgan fingerprint density at radius 3 is 2.68 bits per heavy atom. The molecule has 2 aromatic carbocycles. The number of benzene rings is 2. The van der Waals surface area contributed by atoms with E-state index in [-0.39, 0.29) is 34.3 Å². The zero-order chi connectivity index (χ0) is 26.5. The number of nitrogens with zero attached hydrogens (tertiary/aromatic N) is 4. The quantitative estimate of drug-likeness (QED) is 0.332. The maximum atomic E-state index is 16.4. The number of methoxy groups -OCH3 is 1. The molecule has 0 radical (unpaired) electrons. The van der Waals surface area contributed by atoms with Gasteiger partial charge in [-0.3, -0.25) is 4.98 Å². The van der Waals surface area contributed by atoms with Crippen LogP contribution in [0.1, 0.15) is 57.8 Å². The van der Waals surface area contributed by atoms with Gasteiger partial charge in [-0.05, 0) is 60.7 Å². The molecule has 6 nitrogen and oxygen atoms in total. The topological polar surface area (TPSA) is 71.4 Å². The van der Waals surface area contributed by atoms with Crippen LogP contribution in [0, 0.1) is 11.6 Å². The Labute approximate surface area is 215 Å². The number of ether oxygens (including phenoxy) is 1. The van der Waals surface area contributed by atoms with Crippen molar-refractivity contribution in [3.05, 3.63) is 53.5 Å². The molecule has 37 heavy (non-hydrogen) atoms. The number of aryl methyl sites for hydroxylation is 1. The molecule has 0 saturated carbocycles. The Bertz CT molecular complexity index is 1510. The zero-order valence-electron chi connectivity index (χ0n) is 21.9. The normalized spacial score (nSPS) is 18.3. The van der Waals surface area contributed by atoms with Crippen LogP contribution in [-0.2, 0) is 11.2 Å². The van der Waals surface area contributed by atoms with Crippen LogP contribution < -0.4 is 4.90 Å². The summed E-state index contributed by atoms with van der Waals surface area (Å²) in [7, 11) is 1.71. The van der Waals surface area contributed by atoms with Crippen molar-refractivity contribution in [1.82, 2.24) is 15.0 Å². The van der Waals surface area contributed by atoms with E-state index in [4.69, 9.17) is 9.72 Å². The Balaban J connectivity index is 1.77. The van der Waals surface area contributed by atoms with E-state index in [9.17, 15) is 9.50 Å². The first-order chi connectivity index (χ1) is 17.7. The molecule has 1 aliphatic rings. The van der Waals surface area contributed by atoms with Gasteiger partial charge in [0.05, 0.1) is 11.0 Å². The van der Waals surface area contributed by atoms with Crippen molar-refractivity contribution in [2.45, 2.75) is 58.5 Å². The molecule has 3 heterocycles. The molecule has 1 saturated heterocycles. The van der Waals surface area contributed by atoms with Gasteiger partial charge in [0.2, 0.25) is 0 Å². The number of aromatic nitrogens is 3. The number of anilines is 1. The molecule has 8 heteroatoms. The number of hydrogen-bond donors (Lipinski definition) is 1. The molecular formula is C29H32F2N4O2. The van der Waals surface area contributed by atoms with Crippen LogP contribution in [-0.4, -0.2) is 45.9 Å². The first-order valence-corrected chi connectivity index (χ1v) is 12.8. The second-order valence-electron chi connectivity index (χ2n) is 10.4. The summed E-state index contributed by atoms with van der Waals surface area (Å²) >= 11 is 0. The summed E-state index contributed by atoms with van der Waals surface area (Å²) in [6.07, 6.45) is 3.85. The van der Waals surface area contributed by atoms with Gasteiger partial charge in [-0.1, -0.05) is 26.8 Å². The van der Waals surface area contributed by atoms with E-state index < -0.39 is 5.82 Å². The Hall–Kier alpha value is -3.39. The number of phenols is 1. The summed E-state index contributed by atoms with van der Waals surface area (Å²) in [6, 6.07) is 5.96. The third-order valence-corrected chi connectivity index (χ3v) is 7.41. The molecule has 5 rings (SSSR count). The highest BCUT2D eigenvalue weighted by molar-refractivity contribution is 6.01. The molecule has 194 valence electrons. The zero-order valence-corrected chi connectivity index (χ0v) is 21.9. The average Bonchev–Trinajstić information content (AvgIpc) is 2.88. The molecule has 4 aromatic rings. The maximum Gasteiger partial charge on any atom is 0.175 e. The highest BCUT2D eigenvalue weighted by Gasteiger charge is 2.33. The van der Waals surface area contributed by atoms with Crippen LogP contribution >= 0.6 is 0 Å². The predicted octanol–water partition coefficient (Wildman–Crippen LogP) is 6.52. The van der Waals surface area contributed by atoms with Crippen molar-refractivity contribution in [3.63, 3.8) is 0 Å². The second-order valence-corrected chi connectivity index (χ2v) is 10.4. The van der Waals surface area contributed by atoms with E-state index >= 15 is 4.39 Å². The van der Waals surface area contributed by atoms with E-state index in [0.29, 0.717) is 51.9 Å². The fourth-order valence-electron chi connectivity index (χ4n) is 5.33. The largest absolute Gasteiger partial charge is 0.508 e. The number of hydrogen-bond acceptors (Lipinski definition) is 6. The van der Waals surface area contributed by atoms with Crippen molar-refractivity contribution in [2.24, 2.45) is 0 Å². The summed E-state index contributed by atoms with van der Waals surface area (Å²) in [5.41, 5.74) is 0.637. The SMILES string of the molecule is CCc1c(F)ccc2cc(O)cc(-c3ncc4c(N5CCC[C@@](C)(OC)C5)nc(C(C)C)nc4c3F)c12. The first kappa shape index (κ1) is 25.3. The van der Waals surface area contributed by atoms with Crippen LogP contribution in [0.15, 0.2) is 30.5 Å². The standard InChI is InChI=1S/C29H32F2N4O2/c1-6-19-22(30)9-8-17-12-18(36)13-20(23(17)19)25-24(31)26-21(14-32-25)28(34-27(33-26)16(2)3)35-11-7-10-29(4,15-35)37-5/h8-9,12-14,16,36H,6-7,10-11,15H2,1-5H3/t29-/m1/s1. The van der Waals surface area contributed by atoms with Gasteiger partial charge in [0, 0.05) is 37.9 Å². The van der Waals surface area contributed by atoms with Gasteiger partial charge in [0.15, 0.2) is 5.82 Å². The minimum absolute atomic E-state index is 0.0217. The lowest BCUT2D eigenvalue weighted by Crippen LogP contribution is -2.47. The molecule has 1 N–H and O–H groups in total. The number of phenolic OH excluding ortho intramolecular Hbond substituents is 1. The summed E-state index contributed by atoms with van der Waals surface area (Å²) in [5, 5.41) is 12.1. The van der Waals surface area contributed by atoms with Gasteiger partial charge in [0.1, 0.15) is 34.4 Å². The van der Waals surface area contributed by atoms with Crippen molar-refractivity contribution in [2.75, 3.05) is 25.1 Å². The summed E-state index contributed by atoms with van der Waals surface area (Å²) in [4.78, 5) is 16.1. The minimum atomic E-state index is -0.618. The summed E-state index contributed by atoms with van der Waals surface area (Å²) in [6.45, 7) is 9.24. The summed E-state index contributed by atoms with van der Waals surface area (Å²) < 4.78 is 36.9. The van der Waals surface area contributed by atoms with E-state index in [0.717, 1.165) is 19.4 Å². The highest BCUT2D eigenvalue weighted by atomic mass is 19.1. The van der Waals surface area contributed by atoms with Crippen LogP contribution in [0.4, 0.5) is 14.6 Å². The van der Waals surface area contributed by atoms with Gasteiger partial charge in [0.25, 0.3) is 0 Å². The van der Waals surface area contributed by atoms with Gasteiger partial charge in [-0.2, -0.15) is 0 Å². The Morgan fingerprint density at radius 2 is 1.97 bits per heavy atom. The van der Waals surface area contributed by atoms with Crippen molar-refractivity contribution in [1.29, 1.82) is 0 Å². The molecule has 0 spiro atoms. The number of rotatable bonds is 5. The molecule has 1 aliphatic heterocycles. The van der Waals surface area contributed by atoms with Crippen LogP contribution in [0.5, 0.6) is 5.75 Å². The lowest BCUT2D eigenvalue weighted by atomic mass is 9.94. The van der Waals surface area contributed by atoms with E-state index in [1.54, 1.807) is 25.4 Å². The van der Waals surface area contributed by atoms with Gasteiger partial charge < -0.3 is 14.7 Å². The second kappa shape index (κ2) is 9.49. The molecule has 2 aromatic heterocycles. The molecule has 0 bridgehead atoms. The third kappa shape index (κ3) is 4.37. The van der Waals surface area contributed by atoms with Crippen molar-refractivity contribution >= 4 is 27.5 Å². The number of fused-ring (bicyclic) bond motifs is 2. The molecule has 1 atom stereocenters. The van der Waals surface area contributed by atoms with Gasteiger partial charge in [-0.15, -0.1) is 0 Å². The average molecular weight is 507 g/mol. The third-order valence-electron chi connectivity index (χ3n) is 7.41. The smallest absolute Gasteiger partial charge is 0.175 e. The van der Waals surface area contributed by atoms with E-state index in [1.165, 1.54) is 12.1 Å². The van der Waals surface area contributed by atoms with Crippen molar-refractivity contribution < 1.29 is 18.6 Å². The van der Waals surface area contributed by atoms with Crippen LogP contribution in [0.25, 0.3) is 32.9 Å². The first-order valence-electron chi connectivity index (χ1n) is 12.8. The van der Waals surface area contributed by atoms with Gasteiger partial charge >= 0.3 is 0 Å². The van der Waals surface area contributed by atoms with Crippen LogP contribution in [0.2, 0.25) is 0 Å². The fourth-order valence-corrected chi connectivity index (χ4v) is 5.33. The number of aromatic hydroxyl groups is 1. The molecule has 0 unspecified atom stereocenters. The monoisotopic (exact) mass is 506 g/mol. The molecular weight excluding hydrogens is 474 g/mol. The number of halogens is 2. The Morgan fingerprint density at radius 1 is 1.19 bits per heavy atom. The molecule has 0 aliphatic carbocycles. The fraction of sp³-hybridized carbons (Fsp3) is 0.414. The molecule has 1 fully saturated rings. The Kier molecular flexibility index (Phi) is 6.48. The highest BCUT2D eigenvalue weighted by Crippen LogP contribution is 2.39. The number of pyridine rings is 1. The van der Waals surface area contributed by atoms with E-state index in [1.807, 2.05) is 20.8 Å². The van der Waals surface area contributed by atoms with Crippen molar-refractivity contribution in [3.8, 4) is 17.0 Å².